The third kappa shape index (κ3) is 2.67. The molecule has 4 rings (SSSR count). The lowest BCUT2D eigenvalue weighted by molar-refractivity contribution is -0.113. The molecule has 0 radical (unpaired) electrons. The number of anilines is 1. The Hall–Kier alpha value is -3.04. The number of rotatable bonds is 3. The van der Waals surface area contributed by atoms with Gasteiger partial charge in [-0.15, -0.1) is 0 Å². The summed E-state index contributed by atoms with van der Waals surface area (Å²) in [6.45, 7) is 0. The van der Waals surface area contributed by atoms with Gasteiger partial charge in [-0.3, -0.25) is 4.79 Å². The van der Waals surface area contributed by atoms with Gasteiger partial charge in [-0.1, -0.05) is 18.2 Å². The van der Waals surface area contributed by atoms with Crippen LogP contribution in [0.1, 0.15) is 12.8 Å². The standard InChI is InChI=1S/C20H14F2N2O2/c21-15-4-2-1-3-12(15)13-6-5-11(9-16(13)22)24-20(25)19-14(10-23)17-7-8-18(19)26-17/h1-6,9,17-18H,7-8H2,(H,24,25)/t17-,18?/m0/s1. The number of benzene rings is 2. The number of fused-ring (bicyclic) bond motifs is 2. The third-order valence-electron chi connectivity index (χ3n) is 4.71. The molecule has 2 aliphatic rings. The highest BCUT2D eigenvalue weighted by Gasteiger charge is 2.43. The van der Waals surface area contributed by atoms with Crippen molar-refractivity contribution in [3.05, 3.63) is 65.2 Å². The number of hydrogen-bond donors (Lipinski definition) is 1. The van der Waals surface area contributed by atoms with E-state index in [2.05, 4.69) is 5.32 Å². The number of halogens is 2. The van der Waals surface area contributed by atoms with Gasteiger partial charge in [0.15, 0.2) is 0 Å². The van der Waals surface area contributed by atoms with Crippen LogP contribution in [0, 0.1) is 23.0 Å². The van der Waals surface area contributed by atoms with Gasteiger partial charge in [0.05, 0.1) is 29.4 Å². The highest BCUT2D eigenvalue weighted by atomic mass is 19.1. The Balaban J connectivity index is 1.60. The summed E-state index contributed by atoms with van der Waals surface area (Å²) >= 11 is 0. The van der Waals surface area contributed by atoms with E-state index >= 15 is 0 Å². The van der Waals surface area contributed by atoms with E-state index in [1.807, 2.05) is 6.07 Å². The average Bonchev–Trinajstić information content (AvgIpc) is 3.23. The Morgan fingerprint density at radius 1 is 1.08 bits per heavy atom. The second-order valence-corrected chi connectivity index (χ2v) is 6.26. The first kappa shape index (κ1) is 16.4. The van der Waals surface area contributed by atoms with Gasteiger partial charge >= 0.3 is 0 Å². The summed E-state index contributed by atoms with van der Waals surface area (Å²) in [5.41, 5.74) is 1.17. The van der Waals surface area contributed by atoms with Crippen molar-refractivity contribution in [3.63, 3.8) is 0 Å². The van der Waals surface area contributed by atoms with Crippen LogP contribution in [0.3, 0.4) is 0 Å². The molecule has 0 saturated carbocycles. The maximum Gasteiger partial charge on any atom is 0.255 e. The molecule has 4 nitrogen and oxygen atoms in total. The van der Waals surface area contributed by atoms with Gasteiger partial charge in [0.25, 0.3) is 5.91 Å². The maximum atomic E-state index is 14.4. The molecule has 1 fully saturated rings. The number of hydrogen-bond acceptors (Lipinski definition) is 3. The number of amides is 1. The van der Waals surface area contributed by atoms with Crippen LogP contribution in [0.2, 0.25) is 0 Å². The molecule has 1 amide bonds. The Morgan fingerprint density at radius 3 is 2.54 bits per heavy atom. The monoisotopic (exact) mass is 352 g/mol. The molecule has 130 valence electrons. The van der Waals surface area contributed by atoms with Crippen molar-refractivity contribution in [2.75, 3.05) is 5.32 Å². The summed E-state index contributed by atoms with van der Waals surface area (Å²) in [5, 5.41) is 11.8. The molecular formula is C20H14F2N2O2. The van der Waals surface area contributed by atoms with E-state index in [0.717, 1.165) is 12.5 Å². The molecule has 1 saturated heterocycles. The normalized spacial score (nSPS) is 21.0. The highest BCUT2D eigenvalue weighted by molar-refractivity contribution is 6.06. The lowest BCUT2D eigenvalue weighted by atomic mass is 9.92. The number of carbonyl (C=O) groups excluding carboxylic acids is 1. The molecule has 1 N–H and O–H groups in total. The molecule has 2 aromatic carbocycles. The fourth-order valence-corrected chi connectivity index (χ4v) is 3.50. The minimum absolute atomic E-state index is 0.112. The number of nitriles is 1. The predicted octanol–water partition coefficient (Wildman–Crippen LogP) is 3.95. The Kier molecular flexibility index (Phi) is 4.02. The van der Waals surface area contributed by atoms with Crippen molar-refractivity contribution in [1.29, 1.82) is 5.26 Å². The average molecular weight is 352 g/mol. The number of ether oxygens (including phenoxy) is 1. The van der Waals surface area contributed by atoms with Crippen molar-refractivity contribution in [2.45, 2.75) is 25.0 Å². The van der Waals surface area contributed by atoms with Crippen LogP contribution in [0.25, 0.3) is 11.1 Å². The second-order valence-electron chi connectivity index (χ2n) is 6.26. The Bertz CT molecular complexity index is 978. The topological polar surface area (TPSA) is 62.1 Å². The first-order chi connectivity index (χ1) is 12.6. The van der Waals surface area contributed by atoms with Crippen LogP contribution in [-0.4, -0.2) is 18.1 Å². The van der Waals surface area contributed by atoms with E-state index in [1.165, 1.54) is 30.3 Å². The van der Waals surface area contributed by atoms with E-state index in [4.69, 9.17) is 4.74 Å². The molecule has 0 aromatic heterocycles. The quantitative estimate of drug-likeness (QED) is 0.910. The van der Waals surface area contributed by atoms with Crippen molar-refractivity contribution >= 4 is 11.6 Å². The molecule has 26 heavy (non-hydrogen) atoms. The van der Waals surface area contributed by atoms with Crippen molar-refractivity contribution in [2.24, 2.45) is 0 Å². The smallest absolute Gasteiger partial charge is 0.255 e. The lowest BCUT2D eigenvalue weighted by Gasteiger charge is -2.13. The summed E-state index contributed by atoms with van der Waals surface area (Å²) in [5.74, 6) is -1.63. The van der Waals surface area contributed by atoms with Crippen LogP contribution in [0.5, 0.6) is 0 Å². The first-order valence-corrected chi connectivity index (χ1v) is 8.24. The summed E-state index contributed by atoms with van der Waals surface area (Å²) in [6, 6.07) is 12.0. The summed E-state index contributed by atoms with van der Waals surface area (Å²) in [6.07, 6.45) is 0.735. The fourth-order valence-electron chi connectivity index (χ4n) is 3.50. The SMILES string of the molecule is N#CC1=C(C(=O)Nc2ccc(-c3ccccc3F)c(F)c2)C2CC[C@@H]1O2. The number of carbonyl (C=O) groups is 1. The molecule has 2 heterocycles. The zero-order valence-corrected chi connectivity index (χ0v) is 13.6. The number of nitrogens with one attached hydrogen (secondary N) is 1. The van der Waals surface area contributed by atoms with Gasteiger partial charge in [0, 0.05) is 16.8 Å². The predicted molar refractivity (Wildman–Crippen MR) is 91.0 cm³/mol. The van der Waals surface area contributed by atoms with Crippen LogP contribution >= 0.6 is 0 Å². The summed E-state index contributed by atoms with van der Waals surface area (Å²) in [7, 11) is 0. The van der Waals surface area contributed by atoms with E-state index < -0.39 is 17.5 Å². The molecule has 2 aliphatic heterocycles. The van der Waals surface area contributed by atoms with E-state index in [0.29, 0.717) is 17.6 Å². The Morgan fingerprint density at radius 2 is 1.81 bits per heavy atom. The second kappa shape index (κ2) is 6.36. The van der Waals surface area contributed by atoms with Gasteiger partial charge < -0.3 is 10.1 Å². The van der Waals surface area contributed by atoms with Gasteiger partial charge in [0.1, 0.15) is 11.6 Å². The van der Waals surface area contributed by atoms with Gasteiger partial charge in [-0.2, -0.15) is 5.26 Å². The fraction of sp³-hybridized carbons (Fsp3) is 0.200. The minimum atomic E-state index is -0.647. The summed E-state index contributed by atoms with van der Waals surface area (Å²) in [4.78, 5) is 12.5. The van der Waals surface area contributed by atoms with Crippen molar-refractivity contribution in [3.8, 4) is 17.2 Å². The van der Waals surface area contributed by atoms with Crippen LogP contribution in [0.4, 0.5) is 14.5 Å². The minimum Gasteiger partial charge on any atom is -0.365 e. The number of nitrogens with zero attached hydrogens (tertiary/aromatic N) is 1. The molecule has 2 bridgehead atoms. The molecule has 6 heteroatoms. The van der Waals surface area contributed by atoms with Crippen LogP contribution in [0.15, 0.2) is 53.6 Å². The van der Waals surface area contributed by atoms with Crippen LogP contribution < -0.4 is 5.32 Å². The van der Waals surface area contributed by atoms with Gasteiger partial charge in [-0.25, -0.2) is 8.78 Å². The summed E-state index contributed by atoms with van der Waals surface area (Å²) < 4.78 is 33.9. The Labute approximate surface area is 148 Å². The molecule has 2 atom stereocenters. The largest absolute Gasteiger partial charge is 0.365 e. The van der Waals surface area contributed by atoms with Crippen LogP contribution in [-0.2, 0) is 9.53 Å². The van der Waals surface area contributed by atoms with Crippen molar-refractivity contribution < 1.29 is 18.3 Å². The third-order valence-corrected chi connectivity index (χ3v) is 4.71. The van der Waals surface area contributed by atoms with Gasteiger partial charge in [0.2, 0.25) is 0 Å². The molecular weight excluding hydrogens is 338 g/mol. The first-order valence-electron chi connectivity index (χ1n) is 8.24. The zero-order chi connectivity index (χ0) is 18.3. The lowest BCUT2D eigenvalue weighted by Crippen LogP contribution is -2.23. The van der Waals surface area contributed by atoms with E-state index in [9.17, 15) is 18.8 Å². The maximum absolute atomic E-state index is 14.4. The highest BCUT2D eigenvalue weighted by Crippen LogP contribution is 2.39. The van der Waals surface area contributed by atoms with Gasteiger partial charge in [-0.05, 0) is 37.1 Å². The van der Waals surface area contributed by atoms with Crippen molar-refractivity contribution in [1.82, 2.24) is 0 Å². The zero-order valence-electron chi connectivity index (χ0n) is 13.6. The van der Waals surface area contributed by atoms with E-state index in [1.54, 1.807) is 6.07 Å². The molecule has 1 unspecified atom stereocenters. The molecule has 2 aromatic rings. The molecule has 0 aliphatic carbocycles. The van der Waals surface area contributed by atoms with E-state index in [-0.39, 0.29) is 29.0 Å². The molecule has 0 spiro atoms.